The third kappa shape index (κ3) is 4.13. The molecule has 0 aromatic rings. The zero-order valence-corrected chi connectivity index (χ0v) is 6.04. The van der Waals surface area contributed by atoms with Gasteiger partial charge in [-0.25, -0.2) is 0 Å². The van der Waals surface area contributed by atoms with Crippen LogP contribution in [0.3, 0.4) is 0 Å². The number of hydrogen-bond acceptors (Lipinski definition) is 0. The van der Waals surface area contributed by atoms with Gasteiger partial charge in [-0.05, 0) is 13.3 Å². The van der Waals surface area contributed by atoms with Crippen LogP contribution in [-0.2, 0) is 0 Å². The van der Waals surface area contributed by atoms with Crippen molar-refractivity contribution in [2.24, 2.45) is 0 Å². The monoisotopic (exact) mass is 115 g/mol. The minimum absolute atomic E-state index is 1.15. The van der Waals surface area contributed by atoms with Crippen LogP contribution in [0.25, 0.3) is 0 Å². The van der Waals surface area contributed by atoms with Crippen LogP contribution in [0, 0.1) is 7.05 Å². The van der Waals surface area contributed by atoms with E-state index in [4.69, 9.17) is 0 Å². The van der Waals surface area contributed by atoms with Gasteiger partial charge < -0.3 is 4.90 Å². The van der Waals surface area contributed by atoms with E-state index in [0.29, 0.717) is 0 Å². The summed E-state index contributed by atoms with van der Waals surface area (Å²) < 4.78 is 0. The van der Waals surface area contributed by atoms with Crippen LogP contribution < -0.4 is 4.90 Å². The Morgan fingerprint density at radius 1 is 1.38 bits per heavy atom. The highest BCUT2D eigenvalue weighted by molar-refractivity contribution is 4.27. The minimum atomic E-state index is 1.15. The van der Waals surface area contributed by atoms with Gasteiger partial charge in [0.25, 0.3) is 0 Å². The molecule has 8 heavy (non-hydrogen) atoms. The average molecular weight is 115 g/mol. The van der Waals surface area contributed by atoms with Crippen molar-refractivity contribution in [3.8, 4) is 0 Å². The lowest BCUT2D eigenvalue weighted by atomic mass is 10.3. The lowest BCUT2D eigenvalue weighted by molar-refractivity contribution is -0.851. The van der Waals surface area contributed by atoms with E-state index in [-0.39, 0.29) is 0 Å². The fourth-order valence-electron chi connectivity index (χ4n) is 0.604. The molecule has 0 aliphatic rings. The molecule has 0 aromatic heterocycles. The number of nitrogens with one attached hydrogen (secondary N) is 1. The molecule has 0 bridgehead atoms. The molecule has 0 aromatic carbocycles. The highest BCUT2D eigenvalue weighted by atomic mass is 15.1. The van der Waals surface area contributed by atoms with Crippen molar-refractivity contribution in [1.29, 1.82) is 0 Å². The molecular formula is C7H17N. The van der Waals surface area contributed by atoms with Crippen LogP contribution in [-0.4, -0.2) is 13.1 Å². The van der Waals surface area contributed by atoms with E-state index in [1.54, 1.807) is 0 Å². The third-order valence-corrected chi connectivity index (χ3v) is 1.38. The van der Waals surface area contributed by atoms with Gasteiger partial charge in [-0.15, -0.1) is 0 Å². The quantitative estimate of drug-likeness (QED) is 0.508. The normalized spacial score (nSPS) is 13.9. The van der Waals surface area contributed by atoms with Gasteiger partial charge in [-0.3, -0.25) is 0 Å². The summed E-state index contributed by atoms with van der Waals surface area (Å²) in [5.41, 5.74) is 0. The van der Waals surface area contributed by atoms with Crippen molar-refractivity contribution < 1.29 is 4.90 Å². The Morgan fingerprint density at radius 2 is 2.00 bits per heavy atom. The molecule has 0 heterocycles. The minimum Gasteiger partial charge on any atom is -0.468 e. The van der Waals surface area contributed by atoms with Crippen LogP contribution >= 0.6 is 0 Å². The maximum atomic E-state index is 3.91. The number of rotatable bonds is 4. The van der Waals surface area contributed by atoms with Gasteiger partial charge in [0.2, 0.25) is 0 Å². The summed E-state index contributed by atoms with van der Waals surface area (Å²) in [6.45, 7) is 6.76. The molecule has 1 atom stereocenters. The number of quaternary nitrogens is 1. The van der Waals surface area contributed by atoms with Crippen LogP contribution in [0.2, 0.25) is 0 Å². The van der Waals surface area contributed by atoms with Crippen molar-refractivity contribution >= 4 is 0 Å². The van der Waals surface area contributed by atoms with E-state index < -0.39 is 0 Å². The van der Waals surface area contributed by atoms with Crippen LogP contribution in [0.15, 0.2) is 0 Å². The molecule has 1 nitrogen and oxygen atoms in total. The molecule has 0 aliphatic heterocycles. The van der Waals surface area contributed by atoms with Gasteiger partial charge in [0.15, 0.2) is 0 Å². The van der Waals surface area contributed by atoms with E-state index in [1.165, 1.54) is 24.3 Å². The fraction of sp³-hybridized carbons (Fsp3) is 0.857. The van der Waals surface area contributed by atoms with Gasteiger partial charge in [0.1, 0.15) is 0 Å². The molecule has 0 amide bonds. The Morgan fingerprint density at radius 3 is 2.38 bits per heavy atom. The fourth-order valence-corrected chi connectivity index (χ4v) is 0.604. The van der Waals surface area contributed by atoms with Crippen molar-refractivity contribution in [3.63, 3.8) is 0 Å². The van der Waals surface area contributed by atoms with Gasteiger partial charge in [-0.1, -0.05) is 13.3 Å². The Kier molecular flexibility index (Phi) is 5.08. The molecule has 0 fully saturated rings. The Labute approximate surface area is 52.7 Å². The topological polar surface area (TPSA) is 4.44 Å². The molecule has 50 valence electrons. The van der Waals surface area contributed by atoms with E-state index in [0.717, 1.165) is 6.54 Å². The molecule has 0 rings (SSSR count). The molecule has 1 heteroatoms. The van der Waals surface area contributed by atoms with Crippen molar-refractivity contribution in [1.82, 2.24) is 0 Å². The van der Waals surface area contributed by atoms with Crippen molar-refractivity contribution in [2.75, 3.05) is 13.1 Å². The molecular weight excluding hydrogens is 98.1 g/mol. The molecule has 0 saturated carbocycles. The van der Waals surface area contributed by atoms with Gasteiger partial charge >= 0.3 is 0 Å². The summed E-state index contributed by atoms with van der Waals surface area (Å²) in [5, 5.41) is 0. The highest BCUT2D eigenvalue weighted by Gasteiger charge is 1.87. The van der Waals surface area contributed by atoms with Crippen LogP contribution in [0.4, 0.5) is 0 Å². The summed E-state index contributed by atoms with van der Waals surface area (Å²) in [6, 6.07) is 0. The maximum absolute atomic E-state index is 3.91. The largest absolute Gasteiger partial charge is 0.468 e. The lowest BCUT2D eigenvalue weighted by Crippen LogP contribution is -3.06. The standard InChI is InChI=1S/C7H17N/c1-4-6-7-8(3)5-2/h8H,3-7H2,1-2H3. The Hall–Kier alpha value is -0.0400. The highest BCUT2D eigenvalue weighted by Crippen LogP contribution is 1.77. The van der Waals surface area contributed by atoms with E-state index in [9.17, 15) is 0 Å². The van der Waals surface area contributed by atoms with Crippen LogP contribution in [0.5, 0.6) is 0 Å². The van der Waals surface area contributed by atoms with Crippen LogP contribution in [0.1, 0.15) is 26.7 Å². The SMILES string of the molecule is [CH2-][NH+](CC)CCCC. The second-order valence-electron chi connectivity index (χ2n) is 2.21. The molecule has 0 radical (unpaired) electrons. The summed E-state index contributed by atoms with van der Waals surface area (Å²) >= 11 is 0. The molecule has 1 N–H and O–H groups in total. The van der Waals surface area contributed by atoms with Gasteiger partial charge in [-0.2, -0.15) is 7.05 Å². The number of hydrogen-bond donors (Lipinski definition) is 1. The van der Waals surface area contributed by atoms with Gasteiger partial charge in [0, 0.05) is 0 Å². The average Bonchev–Trinajstić information content (AvgIpc) is 1.83. The first-order valence-corrected chi connectivity index (χ1v) is 3.47. The van der Waals surface area contributed by atoms with Gasteiger partial charge in [0.05, 0.1) is 13.1 Å². The summed E-state index contributed by atoms with van der Waals surface area (Å²) in [4.78, 5) is 1.40. The first kappa shape index (κ1) is 7.96. The second-order valence-corrected chi connectivity index (χ2v) is 2.21. The molecule has 0 saturated heterocycles. The van der Waals surface area contributed by atoms with Crippen molar-refractivity contribution in [3.05, 3.63) is 7.05 Å². The summed E-state index contributed by atoms with van der Waals surface area (Å²) in [5.74, 6) is 0. The maximum Gasteiger partial charge on any atom is 0.0530 e. The summed E-state index contributed by atoms with van der Waals surface area (Å²) in [6.07, 6.45) is 2.60. The first-order chi connectivity index (χ1) is 3.81. The molecule has 0 aliphatic carbocycles. The van der Waals surface area contributed by atoms with E-state index in [1.807, 2.05) is 0 Å². The predicted molar refractivity (Wildman–Crippen MR) is 36.6 cm³/mol. The third-order valence-electron chi connectivity index (χ3n) is 1.38. The first-order valence-electron chi connectivity index (χ1n) is 3.47. The smallest absolute Gasteiger partial charge is 0.0530 e. The summed E-state index contributed by atoms with van der Waals surface area (Å²) in [7, 11) is 3.91. The second kappa shape index (κ2) is 5.10. The molecule has 0 spiro atoms. The Balaban J connectivity index is 2.86. The lowest BCUT2D eigenvalue weighted by Gasteiger charge is -2.17. The van der Waals surface area contributed by atoms with Crippen molar-refractivity contribution in [2.45, 2.75) is 26.7 Å². The van der Waals surface area contributed by atoms with E-state index in [2.05, 4.69) is 20.9 Å². The van der Waals surface area contributed by atoms with E-state index >= 15 is 0 Å². The Bertz CT molecular complexity index is 43.7. The zero-order valence-electron chi connectivity index (χ0n) is 6.04. The predicted octanol–water partition coefficient (Wildman–Crippen LogP) is 0.483. The number of unbranched alkanes of at least 4 members (excludes halogenated alkanes) is 1. The molecule has 1 unspecified atom stereocenters. The zero-order chi connectivity index (χ0) is 6.41.